The van der Waals surface area contributed by atoms with Gasteiger partial charge in [-0.3, -0.25) is 9.59 Å². The molecule has 1 aromatic carbocycles. The number of furan rings is 1. The highest BCUT2D eigenvalue weighted by Crippen LogP contribution is 2.19. The molecule has 0 atom stereocenters. The largest absolute Gasteiger partial charge is 0.456 e. The normalized spacial score (nSPS) is 14.6. The van der Waals surface area contributed by atoms with Gasteiger partial charge in [-0.05, 0) is 30.2 Å². The van der Waals surface area contributed by atoms with Crippen LogP contribution in [0.1, 0.15) is 34.4 Å². The van der Waals surface area contributed by atoms with E-state index in [9.17, 15) is 9.59 Å². The molecule has 2 amide bonds. The first-order chi connectivity index (χ1) is 12.5. The number of hydrogen-bond acceptors (Lipinski definition) is 3. The molecule has 0 saturated carbocycles. The van der Waals surface area contributed by atoms with Gasteiger partial charge >= 0.3 is 0 Å². The number of rotatable bonds is 4. The van der Waals surface area contributed by atoms with Gasteiger partial charge in [0.15, 0.2) is 5.76 Å². The fourth-order valence-electron chi connectivity index (χ4n) is 3.21. The molecule has 0 aliphatic carbocycles. The van der Waals surface area contributed by atoms with Crippen molar-refractivity contribution in [3.8, 4) is 0 Å². The van der Waals surface area contributed by atoms with E-state index < -0.39 is 0 Å². The van der Waals surface area contributed by atoms with Crippen LogP contribution in [0.5, 0.6) is 0 Å². The molecule has 0 bridgehead atoms. The number of piperazine rings is 1. The van der Waals surface area contributed by atoms with Gasteiger partial charge in [-0.15, -0.1) is 0 Å². The molecule has 0 radical (unpaired) electrons. The third kappa shape index (κ3) is 3.93. The molecule has 1 fully saturated rings. The Kier molecular flexibility index (Phi) is 5.67. The minimum Gasteiger partial charge on any atom is -0.456 e. The second-order valence-corrected chi connectivity index (χ2v) is 6.92. The number of carbonyl (C=O) groups excluding carboxylic acids is 2. The minimum atomic E-state index is -0.106. The highest BCUT2D eigenvalue weighted by Gasteiger charge is 2.27. The summed E-state index contributed by atoms with van der Waals surface area (Å²) in [6.07, 6.45) is 1.05. The van der Waals surface area contributed by atoms with Crippen molar-refractivity contribution in [2.45, 2.75) is 26.7 Å². The topological polar surface area (TPSA) is 53.8 Å². The Morgan fingerprint density at radius 3 is 2.38 bits per heavy atom. The molecule has 6 heteroatoms. The van der Waals surface area contributed by atoms with Crippen LogP contribution in [0.2, 0.25) is 5.02 Å². The molecule has 1 aliphatic heterocycles. The third-order valence-electron chi connectivity index (χ3n) is 4.77. The van der Waals surface area contributed by atoms with Crippen LogP contribution in [0.15, 0.2) is 34.7 Å². The summed E-state index contributed by atoms with van der Waals surface area (Å²) in [6, 6.07) is 9.18. The monoisotopic (exact) mass is 374 g/mol. The lowest BCUT2D eigenvalue weighted by Gasteiger charge is -2.34. The predicted molar refractivity (Wildman–Crippen MR) is 100 cm³/mol. The molecule has 0 spiro atoms. The van der Waals surface area contributed by atoms with Gasteiger partial charge in [0, 0.05) is 37.6 Å². The van der Waals surface area contributed by atoms with Crippen LogP contribution in [0, 0.1) is 6.92 Å². The molecule has 26 heavy (non-hydrogen) atoms. The van der Waals surface area contributed by atoms with E-state index in [-0.39, 0.29) is 18.2 Å². The number of carbonyl (C=O) groups is 2. The van der Waals surface area contributed by atoms with Gasteiger partial charge < -0.3 is 14.2 Å². The maximum atomic E-state index is 12.6. The van der Waals surface area contributed by atoms with E-state index in [0.29, 0.717) is 37.0 Å². The molecule has 0 unspecified atom stereocenters. The lowest BCUT2D eigenvalue weighted by molar-refractivity contribution is -0.131. The highest BCUT2D eigenvalue weighted by molar-refractivity contribution is 6.31. The summed E-state index contributed by atoms with van der Waals surface area (Å²) in [7, 11) is 0. The van der Waals surface area contributed by atoms with E-state index in [4.69, 9.17) is 16.0 Å². The smallest absolute Gasteiger partial charge is 0.289 e. The number of aryl methyl sites for hydroxylation is 2. The fourth-order valence-corrected chi connectivity index (χ4v) is 3.41. The molecular formula is C20H23ClN2O3. The average molecular weight is 375 g/mol. The number of nitrogens with zero attached hydrogens (tertiary/aromatic N) is 2. The lowest BCUT2D eigenvalue weighted by atomic mass is 10.1. The van der Waals surface area contributed by atoms with Gasteiger partial charge in [0.25, 0.3) is 5.91 Å². The van der Waals surface area contributed by atoms with E-state index in [2.05, 4.69) is 0 Å². The van der Waals surface area contributed by atoms with Gasteiger partial charge in [-0.1, -0.05) is 36.7 Å². The molecule has 1 aromatic heterocycles. The first-order valence-electron chi connectivity index (χ1n) is 8.89. The van der Waals surface area contributed by atoms with Crippen LogP contribution in [0.3, 0.4) is 0 Å². The van der Waals surface area contributed by atoms with Gasteiger partial charge in [-0.25, -0.2) is 0 Å². The highest BCUT2D eigenvalue weighted by atomic mass is 35.5. The predicted octanol–water partition coefficient (Wildman–Crippen LogP) is 3.33. The molecule has 5 nitrogen and oxygen atoms in total. The Morgan fingerprint density at radius 2 is 1.77 bits per heavy atom. The summed E-state index contributed by atoms with van der Waals surface area (Å²) in [5.41, 5.74) is 1.83. The van der Waals surface area contributed by atoms with Crippen molar-refractivity contribution in [3.05, 3.63) is 58.0 Å². The molecule has 1 saturated heterocycles. The number of amides is 2. The van der Waals surface area contributed by atoms with Crippen LogP contribution < -0.4 is 0 Å². The van der Waals surface area contributed by atoms with Crippen LogP contribution in [-0.2, 0) is 17.6 Å². The van der Waals surface area contributed by atoms with E-state index in [1.807, 2.05) is 32.0 Å². The Labute approximate surface area is 158 Å². The number of hydrogen-bond donors (Lipinski definition) is 0. The Balaban J connectivity index is 1.57. The Morgan fingerprint density at radius 1 is 1.12 bits per heavy atom. The zero-order valence-electron chi connectivity index (χ0n) is 15.1. The van der Waals surface area contributed by atoms with Crippen LogP contribution >= 0.6 is 11.6 Å². The van der Waals surface area contributed by atoms with Crippen LogP contribution in [0.25, 0.3) is 0 Å². The van der Waals surface area contributed by atoms with Gasteiger partial charge in [-0.2, -0.15) is 0 Å². The first kappa shape index (κ1) is 18.5. The maximum absolute atomic E-state index is 12.6. The quantitative estimate of drug-likeness (QED) is 0.824. The molecule has 1 aliphatic rings. The summed E-state index contributed by atoms with van der Waals surface area (Å²) >= 11 is 6.13. The summed E-state index contributed by atoms with van der Waals surface area (Å²) in [6.45, 7) is 6.02. The van der Waals surface area contributed by atoms with Crippen molar-refractivity contribution in [3.63, 3.8) is 0 Å². The Hall–Kier alpha value is -2.27. The van der Waals surface area contributed by atoms with Gasteiger partial charge in [0.05, 0.1) is 6.42 Å². The van der Waals surface area contributed by atoms with E-state index in [1.165, 1.54) is 0 Å². The molecular weight excluding hydrogens is 352 g/mol. The molecule has 2 heterocycles. The first-order valence-corrected chi connectivity index (χ1v) is 9.27. The number of halogens is 1. The third-order valence-corrected chi connectivity index (χ3v) is 5.14. The van der Waals surface area contributed by atoms with Gasteiger partial charge in [0.2, 0.25) is 5.91 Å². The van der Waals surface area contributed by atoms with Crippen molar-refractivity contribution < 1.29 is 14.0 Å². The van der Waals surface area contributed by atoms with Crippen molar-refractivity contribution in [2.75, 3.05) is 26.2 Å². The molecule has 3 rings (SSSR count). The second kappa shape index (κ2) is 7.96. The molecule has 138 valence electrons. The van der Waals surface area contributed by atoms with Crippen molar-refractivity contribution in [2.24, 2.45) is 0 Å². The SMILES string of the molecule is CCc1oc(C(=O)N2CCN(C(=O)Cc3ccccc3Cl)CC2)cc1C. The fraction of sp³-hybridized carbons (Fsp3) is 0.400. The zero-order valence-corrected chi connectivity index (χ0v) is 15.9. The molecule has 2 aromatic rings. The lowest BCUT2D eigenvalue weighted by Crippen LogP contribution is -2.50. The standard InChI is InChI=1S/C20H23ClN2O3/c1-3-17-14(2)12-18(26-17)20(25)23-10-8-22(9-11-23)19(24)13-15-6-4-5-7-16(15)21/h4-7,12H,3,8-11,13H2,1-2H3. The van der Waals surface area contributed by atoms with E-state index >= 15 is 0 Å². The van der Waals surface area contributed by atoms with E-state index in [0.717, 1.165) is 23.3 Å². The maximum Gasteiger partial charge on any atom is 0.289 e. The van der Waals surface area contributed by atoms with Crippen molar-refractivity contribution in [1.82, 2.24) is 9.80 Å². The summed E-state index contributed by atoms with van der Waals surface area (Å²) in [4.78, 5) is 28.6. The summed E-state index contributed by atoms with van der Waals surface area (Å²) in [5.74, 6) is 1.16. The minimum absolute atomic E-state index is 0.0345. The summed E-state index contributed by atoms with van der Waals surface area (Å²) < 4.78 is 5.66. The van der Waals surface area contributed by atoms with Crippen molar-refractivity contribution >= 4 is 23.4 Å². The molecule has 0 N–H and O–H groups in total. The number of benzene rings is 1. The van der Waals surface area contributed by atoms with Gasteiger partial charge in [0.1, 0.15) is 5.76 Å². The average Bonchev–Trinajstić information content (AvgIpc) is 3.04. The Bertz CT molecular complexity index is 807. The van der Waals surface area contributed by atoms with Crippen LogP contribution in [-0.4, -0.2) is 47.8 Å². The second-order valence-electron chi connectivity index (χ2n) is 6.51. The zero-order chi connectivity index (χ0) is 18.7. The summed E-state index contributed by atoms with van der Waals surface area (Å²) in [5, 5.41) is 0.606. The van der Waals surface area contributed by atoms with Crippen LogP contribution in [0.4, 0.5) is 0 Å². The van der Waals surface area contributed by atoms with Crippen molar-refractivity contribution in [1.29, 1.82) is 0 Å². The van der Waals surface area contributed by atoms with E-state index in [1.54, 1.807) is 21.9 Å².